The van der Waals surface area contributed by atoms with Crippen molar-refractivity contribution >= 4 is 5.97 Å². The molecule has 0 heterocycles. The fourth-order valence-corrected chi connectivity index (χ4v) is 4.75. The molecule has 0 spiro atoms. The Hall–Kier alpha value is -2.95. The summed E-state index contributed by atoms with van der Waals surface area (Å²) in [7, 11) is 0. The molecule has 0 fully saturated rings. The molecule has 0 aromatic rings. The zero-order valence-corrected chi connectivity index (χ0v) is 31.4. The van der Waals surface area contributed by atoms with Gasteiger partial charge in [0, 0.05) is 13.0 Å². The summed E-state index contributed by atoms with van der Waals surface area (Å²) >= 11 is 0. The Kier molecular flexibility index (Phi) is 38.7. The molecule has 1 N–H and O–H groups in total. The van der Waals surface area contributed by atoms with Crippen LogP contribution in [0.3, 0.4) is 0 Å². The first-order valence-electron chi connectivity index (χ1n) is 19.5. The van der Waals surface area contributed by atoms with E-state index in [4.69, 9.17) is 9.47 Å². The third-order valence-corrected chi connectivity index (χ3v) is 7.59. The van der Waals surface area contributed by atoms with E-state index in [0.29, 0.717) is 13.0 Å². The number of hydrogen-bond acceptors (Lipinski definition) is 4. The number of carbonyl (C=O) groups excluding carboxylic acids is 1. The van der Waals surface area contributed by atoms with Crippen molar-refractivity contribution in [2.75, 3.05) is 19.8 Å². The summed E-state index contributed by atoms with van der Waals surface area (Å²) in [6, 6.07) is 0. The number of ether oxygens (including phenoxy) is 2. The van der Waals surface area contributed by atoms with Gasteiger partial charge in [-0.3, -0.25) is 4.79 Å². The molecule has 0 aliphatic rings. The van der Waals surface area contributed by atoms with E-state index >= 15 is 0 Å². The Bertz CT molecular complexity index is 976. The van der Waals surface area contributed by atoms with Crippen LogP contribution < -0.4 is 0 Å². The molecule has 0 amide bonds. The Morgan fingerprint density at radius 1 is 0.490 bits per heavy atom. The molecule has 1 unspecified atom stereocenters. The third-order valence-electron chi connectivity index (χ3n) is 7.59. The molecule has 0 aromatic carbocycles. The van der Waals surface area contributed by atoms with Crippen LogP contribution in [-0.2, 0) is 14.3 Å². The van der Waals surface area contributed by atoms with E-state index in [1.807, 2.05) is 0 Å². The van der Waals surface area contributed by atoms with E-state index in [9.17, 15) is 9.90 Å². The minimum Gasteiger partial charge on any atom is -0.457 e. The molecular formula is C45H72O4. The summed E-state index contributed by atoms with van der Waals surface area (Å²) in [5.41, 5.74) is 0. The van der Waals surface area contributed by atoms with Crippen molar-refractivity contribution in [2.24, 2.45) is 0 Å². The summed E-state index contributed by atoms with van der Waals surface area (Å²) in [5, 5.41) is 9.56. The van der Waals surface area contributed by atoms with Gasteiger partial charge in [-0.15, -0.1) is 0 Å². The van der Waals surface area contributed by atoms with Gasteiger partial charge in [-0.05, 0) is 96.3 Å². The van der Waals surface area contributed by atoms with Crippen molar-refractivity contribution in [1.29, 1.82) is 0 Å². The molecule has 0 saturated heterocycles. The number of esters is 1. The molecule has 0 saturated carbocycles. The number of carbonyl (C=O) groups is 1. The van der Waals surface area contributed by atoms with E-state index in [1.54, 1.807) is 0 Å². The van der Waals surface area contributed by atoms with Gasteiger partial charge in [0.2, 0.25) is 0 Å². The number of aliphatic hydroxyl groups is 1. The largest absolute Gasteiger partial charge is 0.457 e. The molecule has 4 heteroatoms. The number of hydrogen-bond donors (Lipinski definition) is 1. The molecule has 0 bridgehead atoms. The lowest BCUT2D eigenvalue weighted by Crippen LogP contribution is -2.27. The maximum absolute atomic E-state index is 12.1. The van der Waals surface area contributed by atoms with Crippen LogP contribution >= 0.6 is 0 Å². The molecule has 0 aromatic heterocycles. The Balaban J connectivity index is 3.59. The van der Waals surface area contributed by atoms with Crippen molar-refractivity contribution in [3.63, 3.8) is 0 Å². The predicted octanol–water partition coefficient (Wildman–Crippen LogP) is 12.8. The van der Waals surface area contributed by atoms with Crippen LogP contribution in [-0.4, -0.2) is 37.0 Å². The lowest BCUT2D eigenvalue weighted by molar-refractivity contribution is -0.154. The second kappa shape index (κ2) is 41.2. The Morgan fingerprint density at radius 2 is 0.857 bits per heavy atom. The molecular weight excluding hydrogens is 604 g/mol. The summed E-state index contributed by atoms with van der Waals surface area (Å²) in [5.74, 6) is -0.243. The van der Waals surface area contributed by atoms with Crippen LogP contribution in [0.15, 0.2) is 109 Å². The first-order chi connectivity index (χ1) is 24.2. The average Bonchev–Trinajstić information content (AvgIpc) is 3.11. The van der Waals surface area contributed by atoms with Crippen LogP contribution in [0.1, 0.15) is 142 Å². The normalized spacial score (nSPS) is 13.6. The Morgan fingerprint density at radius 3 is 1.29 bits per heavy atom. The standard InChI is InChI=1S/C45H72O4/c1-3-5-7-9-11-13-15-17-18-19-20-21-22-23-24-25-26-27-29-31-33-35-37-39-41-48-43-44(42-46)49-45(47)40-38-36-34-32-30-28-16-14-12-10-8-6-4-2/h5-8,11-14,17-18,20-21,23-24,26-28,30,44,46H,3-4,9-10,15-16,19,22,25,29,31-43H2,1-2H3/b7-5-,8-6-,13-11-,14-12-,18-17-,21-20-,24-23-,27-26-,30-28-. The lowest BCUT2D eigenvalue weighted by Gasteiger charge is -2.15. The van der Waals surface area contributed by atoms with E-state index in [1.165, 1.54) is 19.3 Å². The zero-order valence-electron chi connectivity index (χ0n) is 31.4. The maximum Gasteiger partial charge on any atom is 0.306 e. The highest BCUT2D eigenvalue weighted by Crippen LogP contribution is 2.09. The molecule has 4 nitrogen and oxygen atoms in total. The molecule has 0 rings (SSSR count). The van der Waals surface area contributed by atoms with Crippen molar-refractivity contribution in [1.82, 2.24) is 0 Å². The molecule has 49 heavy (non-hydrogen) atoms. The average molecular weight is 677 g/mol. The smallest absolute Gasteiger partial charge is 0.306 e. The van der Waals surface area contributed by atoms with Crippen LogP contribution in [0.2, 0.25) is 0 Å². The maximum atomic E-state index is 12.1. The van der Waals surface area contributed by atoms with Crippen molar-refractivity contribution in [3.8, 4) is 0 Å². The minimum atomic E-state index is -0.567. The third kappa shape index (κ3) is 39.4. The van der Waals surface area contributed by atoms with Gasteiger partial charge in [0.05, 0.1) is 13.2 Å². The highest BCUT2D eigenvalue weighted by atomic mass is 16.6. The quantitative estimate of drug-likeness (QED) is 0.0419. The van der Waals surface area contributed by atoms with Crippen molar-refractivity contribution < 1.29 is 19.4 Å². The van der Waals surface area contributed by atoms with Crippen LogP contribution in [0.25, 0.3) is 0 Å². The summed E-state index contributed by atoms with van der Waals surface area (Å²) in [4.78, 5) is 12.1. The zero-order chi connectivity index (χ0) is 35.6. The number of allylic oxidation sites excluding steroid dienone is 18. The fourth-order valence-electron chi connectivity index (χ4n) is 4.75. The summed E-state index contributed by atoms with van der Waals surface area (Å²) < 4.78 is 11.1. The van der Waals surface area contributed by atoms with Crippen molar-refractivity contribution in [2.45, 2.75) is 148 Å². The van der Waals surface area contributed by atoms with Gasteiger partial charge in [-0.25, -0.2) is 0 Å². The van der Waals surface area contributed by atoms with Gasteiger partial charge in [-0.2, -0.15) is 0 Å². The second-order valence-corrected chi connectivity index (χ2v) is 12.2. The number of rotatable bonds is 34. The van der Waals surface area contributed by atoms with Gasteiger partial charge >= 0.3 is 5.97 Å². The fraction of sp³-hybridized carbons (Fsp3) is 0.578. The second-order valence-electron chi connectivity index (χ2n) is 12.2. The molecule has 0 radical (unpaired) electrons. The van der Waals surface area contributed by atoms with E-state index < -0.39 is 6.10 Å². The SMILES string of the molecule is CC/C=C\C/C=C\C/C=C\C/C=C\C/C=C\C/C=C\CCCCCCCOCC(CO)OC(=O)CCCCC/C=C\C/C=C\C/C=C\CC. The topological polar surface area (TPSA) is 55.8 Å². The molecule has 276 valence electrons. The van der Waals surface area contributed by atoms with Crippen LogP contribution in [0.4, 0.5) is 0 Å². The monoisotopic (exact) mass is 677 g/mol. The lowest BCUT2D eigenvalue weighted by atomic mass is 10.1. The summed E-state index contributed by atoms with van der Waals surface area (Å²) in [6.45, 7) is 5.01. The minimum absolute atomic E-state index is 0.200. The van der Waals surface area contributed by atoms with Gasteiger partial charge in [-0.1, -0.05) is 149 Å². The number of aliphatic hydroxyl groups excluding tert-OH is 1. The Labute approximate surface area is 302 Å². The number of unbranched alkanes of at least 4 members (excludes halogenated alkanes) is 8. The van der Waals surface area contributed by atoms with E-state index in [0.717, 1.165) is 103 Å². The van der Waals surface area contributed by atoms with E-state index in [2.05, 4.69) is 123 Å². The van der Waals surface area contributed by atoms with Gasteiger partial charge in [0.1, 0.15) is 6.10 Å². The highest BCUT2D eigenvalue weighted by molar-refractivity contribution is 5.69. The van der Waals surface area contributed by atoms with Crippen molar-refractivity contribution in [3.05, 3.63) is 109 Å². The first kappa shape index (κ1) is 46.0. The molecule has 0 aliphatic heterocycles. The van der Waals surface area contributed by atoms with E-state index in [-0.39, 0.29) is 19.2 Å². The molecule has 1 atom stereocenters. The summed E-state index contributed by atoms with van der Waals surface area (Å²) in [6.07, 6.45) is 60.0. The van der Waals surface area contributed by atoms with Gasteiger partial charge < -0.3 is 14.6 Å². The highest BCUT2D eigenvalue weighted by Gasteiger charge is 2.13. The van der Waals surface area contributed by atoms with Gasteiger partial charge in [0.25, 0.3) is 0 Å². The molecule has 0 aliphatic carbocycles. The van der Waals surface area contributed by atoms with Gasteiger partial charge in [0.15, 0.2) is 0 Å². The first-order valence-corrected chi connectivity index (χ1v) is 19.5. The van der Waals surface area contributed by atoms with Crippen LogP contribution in [0.5, 0.6) is 0 Å². The van der Waals surface area contributed by atoms with Crippen LogP contribution in [0, 0.1) is 0 Å². The predicted molar refractivity (Wildman–Crippen MR) is 214 cm³/mol.